The molecule has 21 heteroatoms. The van der Waals surface area contributed by atoms with Gasteiger partial charge in [-0.3, -0.25) is 38.4 Å². The van der Waals surface area contributed by atoms with Gasteiger partial charge >= 0.3 is 17.9 Å². The number of carboxylic acids is 3. The maximum atomic E-state index is 13.8. The molecule has 0 heterocycles. The van der Waals surface area contributed by atoms with Gasteiger partial charge in [0.25, 0.3) is 0 Å². The molecule has 0 aromatic heterocycles. The number of aliphatic carboxylic acids is 3. The number of nitrogens with two attached hydrogens (primary N) is 1. The van der Waals surface area contributed by atoms with Crippen LogP contribution in [0.15, 0.2) is 48.5 Å². The number of hydrogen-bond acceptors (Lipinski definition) is 12. The number of rotatable bonds is 24. The summed E-state index contributed by atoms with van der Waals surface area (Å²) in [6, 6.07) is 1.96. The minimum Gasteiger partial charge on any atom is -0.508 e. The third kappa shape index (κ3) is 17.4. The standard InChI is InChI=1S/C39H53N7O14/c1-19(2)13-26(43-34(54)25(40)16-31(50)51)35(55)41-18-30(49)42-27(14-21-5-9-23(47)10-6-21)36(56)45-29(17-32(52)53)37(57)44-28(15-22-7-11-24(48)12-8-22)38(58)46-33(20(3)4)39(59)60/h5-12,19-20,25-29,33,47-48H,13-18,40H2,1-4H3,(H,41,55)(H,42,49)(H,43,54)(H,44,57)(H,45,56)(H,46,58)(H,50,51)(H,52,53)(H,59,60)/t25-,26-,27-,28-,29-,33-/m0/s1. The number of carbonyl (C=O) groups excluding carboxylic acids is 6. The molecule has 0 radical (unpaired) electrons. The van der Waals surface area contributed by atoms with Gasteiger partial charge in [-0.1, -0.05) is 52.0 Å². The Kier molecular flexibility index (Phi) is 19.4. The van der Waals surface area contributed by atoms with Gasteiger partial charge in [0.2, 0.25) is 35.4 Å². The lowest BCUT2D eigenvalue weighted by molar-refractivity contribution is -0.144. The maximum absolute atomic E-state index is 13.8. The number of hydrogen-bond donors (Lipinski definition) is 12. The summed E-state index contributed by atoms with van der Waals surface area (Å²) in [4.78, 5) is 114. The van der Waals surface area contributed by atoms with Crippen LogP contribution in [-0.2, 0) is 56.0 Å². The fourth-order valence-electron chi connectivity index (χ4n) is 5.65. The van der Waals surface area contributed by atoms with Crippen LogP contribution in [0.3, 0.4) is 0 Å². The molecule has 0 aliphatic rings. The van der Waals surface area contributed by atoms with Crippen molar-refractivity contribution < 1.29 is 68.7 Å². The Morgan fingerprint density at radius 1 is 0.550 bits per heavy atom. The highest BCUT2D eigenvalue weighted by molar-refractivity contribution is 5.97. The van der Waals surface area contributed by atoms with Gasteiger partial charge in [-0.15, -0.1) is 0 Å². The number of nitrogens with one attached hydrogen (secondary N) is 6. The van der Waals surface area contributed by atoms with Crippen LogP contribution in [0.2, 0.25) is 0 Å². The molecule has 0 spiro atoms. The van der Waals surface area contributed by atoms with E-state index < -0.39 is 115 Å². The summed E-state index contributed by atoms with van der Waals surface area (Å²) in [5.74, 6) is -11.1. The molecule has 0 unspecified atom stereocenters. The van der Waals surface area contributed by atoms with Crippen LogP contribution in [0.4, 0.5) is 0 Å². The SMILES string of the molecule is CC(C)C[C@H](NC(=O)[C@@H](N)CC(=O)O)C(=O)NCC(=O)N[C@@H](Cc1ccc(O)cc1)C(=O)N[C@@H](CC(=O)O)C(=O)N[C@@H](Cc1ccc(O)cc1)C(=O)N[C@H](C(=O)O)C(C)C. The topological polar surface area (TPSA) is 353 Å². The first-order chi connectivity index (χ1) is 28.1. The lowest BCUT2D eigenvalue weighted by atomic mass is 10.0. The van der Waals surface area contributed by atoms with Crippen LogP contribution in [0.1, 0.15) is 58.1 Å². The van der Waals surface area contributed by atoms with Crippen LogP contribution in [0, 0.1) is 11.8 Å². The zero-order valence-corrected chi connectivity index (χ0v) is 33.5. The second kappa shape index (κ2) is 23.6. The second-order valence-electron chi connectivity index (χ2n) is 14.8. The van der Waals surface area contributed by atoms with Crippen molar-refractivity contribution in [1.29, 1.82) is 0 Å². The smallest absolute Gasteiger partial charge is 0.326 e. The van der Waals surface area contributed by atoms with E-state index in [-0.39, 0.29) is 36.7 Å². The first-order valence-corrected chi connectivity index (χ1v) is 18.8. The molecule has 328 valence electrons. The highest BCUT2D eigenvalue weighted by atomic mass is 16.4. The summed E-state index contributed by atoms with van der Waals surface area (Å²) in [6.45, 7) is 5.82. The Morgan fingerprint density at radius 3 is 1.43 bits per heavy atom. The largest absolute Gasteiger partial charge is 0.508 e. The van der Waals surface area contributed by atoms with E-state index in [1.165, 1.54) is 48.5 Å². The Hall–Kier alpha value is -6.77. The summed E-state index contributed by atoms with van der Waals surface area (Å²) in [6.07, 6.45) is -2.17. The van der Waals surface area contributed by atoms with Crippen molar-refractivity contribution in [2.45, 2.75) is 96.1 Å². The average molecular weight is 844 g/mol. The normalized spacial score (nSPS) is 14.0. The van der Waals surface area contributed by atoms with Gasteiger partial charge in [-0.2, -0.15) is 0 Å². The van der Waals surface area contributed by atoms with Crippen LogP contribution >= 0.6 is 0 Å². The lowest BCUT2D eigenvalue weighted by Crippen LogP contribution is -2.59. The zero-order valence-electron chi connectivity index (χ0n) is 33.5. The molecule has 0 bridgehead atoms. The molecule has 2 aromatic carbocycles. The van der Waals surface area contributed by atoms with Crippen LogP contribution in [0.5, 0.6) is 11.5 Å². The number of aromatic hydroxyl groups is 2. The fourth-order valence-corrected chi connectivity index (χ4v) is 5.65. The summed E-state index contributed by atoms with van der Waals surface area (Å²) in [5, 5.41) is 61.9. The van der Waals surface area contributed by atoms with E-state index in [1.54, 1.807) is 27.7 Å². The van der Waals surface area contributed by atoms with Crippen molar-refractivity contribution >= 4 is 53.4 Å². The predicted molar refractivity (Wildman–Crippen MR) is 211 cm³/mol. The van der Waals surface area contributed by atoms with E-state index in [4.69, 9.17) is 10.8 Å². The van der Waals surface area contributed by atoms with Crippen LogP contribution in [-0.4, -0.2) is 122 Å². The quantitative estimate of drug-likeness (QED) is 0.0571. The van der Waals surface area contributed by atoms with E-state index in [0.717, 1.165) is 0 Å². The predicted octanol–water partition coefficient (Wildman–Crippen LogP) is -1.51. The third-order valence-electron chi connectivity index (χ3n) is 8.77. The number of phenolic OH excluding ortho intramolecular Hbond substituents is 2. The van der Waals surface area contributed by atoms with Gasteiger partial charge in [-0.25, -0.2) is 4.79 Å². The number of carbonyl (C=O) groups is 9. The van der Waals surface area contributed by atoms with Gasteiger partial charge in [0.1, 0.15) is 41.7 Å². The molecule has 0 saturated carbocycles. The van der Waals surface area contributed by atoms with E-state index in [0.29, 0.717) is 11.1 Å². The molecule has 0 fully saturated rings. The van der Waals surface area contributed by atoms with Crippen molar-refractivity contribution in [2.75, 3.05) is 6.54 Å². The molecular weight excluding hydrogens is 790 g/mol. The monoisotopic (exact) mass is 843 g/mol. The molecule has 0 aliphatic heterocycles. The number of amides is 6. The van der Waals surface area contributed by atoms with E-state index in [2.05, 4.69) is 31.9 Å². The fraction of sp³-hybridized carbons (Fsp3) is 0.462. The highest BCUT2D eigenvalue weighted by Crippen LogP contribution is 2.14. The van der Waals surface area contributed by atoms with Crippen molar-refractivity contribution in [3.8, 4) is 11.5 Å². The zero-order chi connectivity index (χ0) is 45.3. The number of phenols is 2. The van der Waals surface area contributed by atoms with E-state index >= 15 is 0 Å². The van der Waals surface area contributed by atoms with Crippen molar-refractivity contribution in [2.24, 2.45) is 17.6 Å². The van der Waals surface area contributed by atoms with Gasteiger partial charge < -0.3 is 63.2 Å². The Labute approximate surface area is 344 Å². The molecule has 2 rings (SSSR count). The van der Waals surface area contributed by atoms with Gasteiger partial charge in [0.05, 0.1) is 25.4 Å². The van der Waals surface area contributed by atoms with E-state index in [1.807, 2.05) is 0 Å². The molecular formula is C39H53N7O14. The molecule has 6 amide bonds. The minimum absolute atomic E-state index is 0.0766. The van der Waals surface area contributed by atoms with Crippen LogP contribution < -0.4 is 37.6 Å². The van der Waals surface area contributed by atoms with Crippen molar-refractivity contribution in [3.63, 3.8) is 0 Å². The Bertz CT molecular complexity index is 1850. The molecule has 60 heavy (non-hydrogen) atoms. The van der Waals surface area contributed by atoms with Gasteiger partial charge in [0.15, 0.2) is 0 Å². The van der Waals surface area contributed by atoms with Gasteiger partial charge in [-0.05, 0) is 53.6 Å². The Morgan fingerprint density at radius 2 is 0.983 bits per heavy atom. The summed E-state index contributed by atoms with van der Waals surface area (Å²) in [5.41, 5.74) is 6.42. The minimum atomic E-state index is -1.86. The molecule has 0 saturated heterocycles. The van der Waals surface area contributed by atoms with Gasteiger partial charge in [0, 0.05) is 12.8 Å². The highest BCUT2D eigenvalue weighted by Gasteiger charge is 2.34. The Balaban J connectivity index is 2.35. The first-order valence-electron chi connectivity index (χ1n) is 18.8. The average Bonchev–Trinajstić information content (AvgIpc) is 3.15. The molecule has 0 aliphatic carbocycles. The summed E-state index contributed by atoms with van der Waals surface area (Å²) < 4.78 is 0. The maximum Gasteiger partial charge on any atom is 0.326 e. The molecule has 6 atom stereocenters. The van der Waals surface area contributed by atoms with Crippen LogP contribution in [0.25, 0.3) is 0 Å². The van der Waals surface area contributed by atoms with Crippen molar-refractivity contribution in [3.05, 3.63) is 59.7 Å². The molecule has 21 nitrogen and oxygen atoms in total. The van der Waals surface area contributed by atoms with E-state index in [9.17, 15) is 63.6 Å². The molecule has 13 N–H and O–H groups in total. The molecule has 2 aromatic rings. The second-order valence-corrected chi connectivity index (χ2v) is 14.8. The number of benzene rings is 2. The third-order valence-corrected chi connectivity index (χ3v) is 8.77. The lowest BCUT2D eigenvalue weighted by Gasteiger charge is -2.26. The first kappa shape index (κ1) is 49.4. The summed E-state index contributed by atoms with van der Waals surface area (Å²) >= 11 is 0. The summed E-state index contributed by atoms with van der Waals surface area (Å²) in [7, 11) is 0. The number of carboxylic acid groups (broad SMARTS) is 3. The van der Waals surface area contributed by atoms with Crippen molar-refractivity contribution in [1.82, 2.24) is 31.9 Å².